The standard InChI is InChI=1S/C23H13F2NS/c24-15-10-16(25)12-17(11-15)26-19-4-2-1-3-13-5-6-18-22(21(13)19)20(26)9-14-7-8-27-23(14)18/h1-2,4-12H,3H2. The number of nitrogens with zero attached hydrogens (tertiary/aromatic N) is 1. The Morgan fingerprint density at radius 1 is 0.926 bits per heavy atom. The average Bonchev–Trinajstić information content (AvgIpc) is 3.16. The molecule has 27 heavy (non-hydrogen) atoms. The summed E-state index contributed by atoms with van der Waals surface area (Å²) in [5.74, 6) is -1.14. The van der Waals surface area contributed by atoms with Crippen molar-refractivity contribution in [2.24, 2.45) is 0 Å². The van der Waals surface area contributed by atoms with Gasteiger partial charge in [0.25, 0.3) is 0 Å². The second kappa shape index (κ2) is 5.27. The molecule has 0 bridgehead atoms. The zero-order valence-electron chi connectivity index (χ0n) is 14.2. The average molecular weight is 373 g/mol. The Bertz CT molecular complexity index is 1450. The number of benzene rings is 3. The quantitative estimate of drug-likeness (QED) is 0.345. The van der Waals surface area contributed by atoms with E-state index in [1.54, 1.807) is 11.3 Å². The van der Waals surface area contributed by atoms with Crippen LogP contribution in [0.1, 0.15) is 5.56 Å². The number of hydrogen-bond donors (Lipinski definition) is 0. The Kier molecular flexibility index (Phi) is 2.95. The van der Waals surface area contributed by atoms with Gasteiger partial charge in [0.1, 0.15) is 11.6 Å². The molecule has 0 atom stereocenters. The number of fused-ring (bicyclic) bond motifs is 2. The van der Waals surface area contributed by atoms with Gasteiger partial charge in [0.2, 0.25) is 0 Å². The third kappa shape index (κ3) is 2.02. The highest BCUT2D eigenvalue weighted by Crippen LogP contribution is 2.38. The van der Waals surface area contributed by atoms with Crippen molar-refractivity contribution in [2.45, 2.75) is 6.42 Å². The second-order valence-electron chi connectivity index (χ2n) is 6.90. The highest BCUT2D eigenvalue weighted by atomic mass is 32.1. The van der Waals surface area contributed by atoms with Gasteiger partial charge in [0, 0.05) is 26.9 Å². The van der Waals surface area contributed by atoms with Gasteiger partial charge in [0.15, 0.2) is 0 Å². The van der Waals surface area contributed by atoms with Gasteiger partial charge in [-0.25, -0.2) is 8.78 Å². The molecule has 6 rings (SSSR count). The molecule has 0 fully saturated rings. The molecule has 130 valence electrons. The molecule has 0 saturated carbocycles. The van der Waals surface area contributed by atoms with Crippen LogP contribution in [0.2, 0.25) is 0 Å². The van der Waals surface area contributed by atoms with Crippen LogP contribution in [0.25, 0.3) is 43.5 Å². The zero-order valence-corrected chi connectivity index (χ0v) is 15.0. The van der Waals surface area contributed by atoms with E-state index in [-0.39, 0.29) is 0 Å². The SMILES string of the molecule is Fc1cc(F)cc(-n2c3c4c(ccc5c6sccc6cc2c45)CC=CC=3)c1. The topological polar surface area (TPSA) is 4.93 Å². The first-order valence-corrected chi connectivity index (χ1v) is 9.68. The number of aromatic nitrogens is 1. The predicted octanol–water partition coefficient (Wildman–Crippen LogP) is 5.89. The van der Waals surface area contributed by atoms with E-state index in [9.17, 15) is 8.78 Å². The summed E-state index contributed by atoms with van der Waals surface area (Å²) in [6.45, 7) is 0. The molecule has 2 heterocycles. The molecule has 0 saturated heterocycles. The Morgan fingerprint density at radius 3 is 2.63 bits per heavy atom. The number of thiophene rings is 1. The molecular weight excluding hydrogens is 360 g/mol. The molecule has 0 amide bonds. The van der Waals surface area contributed by atoms with E-state index in [0.29, 0.717) is 5.69 Å². The summed E-state index contributed by atoms with van der Waals surface area (Å²) in [4.78, 5) is 0. The third-order valence-electron chi connectivity index (χ3n) is 5.35. The molecule has 1 aliphatic carbocycles. The van der Waals surface area contributed by atoms with Crippen LogP contribution < -0.4 is 5.35 Å². The number of hydrogen-bond acceptors (Lipinski definition) is 1. The predicted molar refractivity (Wildman–Crippen MR) is 109 cm³/mol. The molecule has 3 aromatic carbocycles. The van der Waals surface area contributed by atoms with Crippen molar-refractivity contribution in [2.75, 3.05) is 0 Å². The lowest BCUT2D eigenvalue weighted by Crippen LogP contribution is -2.15. The van der Waals surface area contributed by atoms with Crippen molar-refractivity contribution < 1.29 is 8.78 Å². The smallest absolute Gasteiger partial charge is 0.128 e. The zero-order chi connectivity index (χ0) is 18.1. The van der Waals surface area contributed by atoms with Gasteiger partial charge in [0.05, 0.1) is 16.6 Å². The van der Waals surface area contributed by atoms with Crippen LogP contribution in [0.4, 0.5) is 8.78 Å². The summed E-state index contributed by atoms with van der Waals surface area (Å²) in [6, 6.07) is 12.3. The van der Waals surface area contributed by atoms with E-state index in [4.69, 9.17) is 0 Å². The van der Waals surface area contributed by atoms with Crippen LogP contribution in [-0.2, 0) is 6.42 Å². The number of rotatable bonds is 1. The fourth-order valence-corrected chi connectivity index (χ4v) is 5.22. The minimum atomic E-state index is -0.571. The highest BCUT2D eigenvalue weighted by Gasteiger charge is 2.19. The Labute approximate surface area is 157 Å². The van der Waals surface area contributed by atoms with E-state index in [2.05, 4.69) is 35.7 Å². The van der Waals surface area contributed by atoms with Gasteiger partial charge in [-0.2, -0.15) is 0 Å². The van der Waals surface area contributed by atoms with Gasteiger partial charge in [-0.15, -0.1) is 11.3 Å². The molecule has 1 nitrogen and oxygen atoms in total. The van der Waals surface area contributed by atoms with Crippen molar-refractivity contribution in [1.29, 1.82) is 0 Å². The fraction of sp³-hybridized carbons (Fsp3) is 0.0435. The molecule has 2 aromatic heterocycles. The van der Waals surface area contributed by atoms with Gasteiger partial charge in [-0.3, -0.25) is 0 Å². The van der Waals surface area contributed by atoms with E-state index in [0.717, 1.165) is 28.7 Å². The Morgan fingerprint density at radius 2 is 1.78 bits per heavy atom. The molecule has 4 heteroatoms. The summed E-state index contributed by atoms with van der Waals surface area (Å²) in [5.41, 5.74) is 2.73. The first-order valence-electron chi connectivity index (χ1n) is 8.80. The molecule has 0 spiro atoms. The van der Waals surface area contributed by atoms with Crippen molar-refractivity contribution in [3.63, 3.8) is 0 Å². The highest BCUT2D eigenvalue weighted by molar-refractivity contribution is 7.18. The molecule has 5 aromatic rings. The molecular formula is C23H13F2NS. The largest absolute Gasteiger partial charge is 0.309 e. The van der Waals surface area contributed by atoms with Gasteiger partial charge in [-0.1, -0.05) is 24.3 Å². The Balaban J connectivity index is 1.93. The van der Waals surface area contributed by atoms with Crippen molar-refractivity contribution in [3.8, 4) is 5.69 Å². The lowest BCUT2D eigenvalue weighted by molar-refractivity contribution is 0.581. The van der Waals surface area contributed by atoms with E-state index < -0.39 is 11.6 Å². The van der Waals surface area contributed by atoms with Crippen LogP contribution in [0, 0.1) is 11.6 Å². The number of halogens is 2. The maximum Gasteiger partial charge on any atom is 0.128 e. The molecule has 0 N–H and O–H groups in total. The van der Waals surface area contributed by atoms with E-state index in [1.165, 1.54) is 38.6 Å². The van der Waals surface area contributed by atoms with Crippen LogP contribution in [0.3, 0.4) is 0 Å². The summed E-state index contributed by atoms with van der Waals surface area (Å²) in [6.07, 6.45) is 7.04. The van der Waals surface area contributed by atoms with Gasteiger partial charge < -0.3 is 4.57 Å². The maximum absolute atomic E-state index is 14.0. The fourth-order valence-electron chi connectivity index (χ4n) is 4.31. The van der Waals surface area contributed by atoms with Crippen LogP contribution in [-0.4, -0.2) is 4.57 Å². The summed E-state index contributed by atoms with van der Waals surface area (Å²) >= 11 is 1.73. The van der Waals surface area contributed by atoms with Crippen LogP contribution >= 0.6 is 11.3 Å². The first-order chi connectivity index (χ1) is 13.2. The first kappa shape index (κ1) is 15.1. The van der Waals surface area contributed by atoms with E-state index >= 15 is 0 Å². The number of allylic oxidation sites excluding steroid dienone is 2. The monoisotopic (exact) mass is 373 g/mol. The summed E-state index contributed by atoms with van der Waals surface area (Å²) in [7, 11) is 0. The maximum atomic E-state index is 14.0. The Hall–Kier alpha value is -2.98. The minimum Gasteiger partial charge on any atom is -0.309 e. The molecule has 0 radical (unpaired) electrons. The van der Waals surface area contributed by atoms with Crippen molar-refractivity contribution in [3.05, 3.63) is 82.5 Å². The van der Waals surface area contributed by atoms with Gasteiger partial charge >= 0.3 is 0 Å². The molecule has 0 aliphatic heterocycles. The van der Waals surface area contributed by atoms with Gasteiger partial charge in [-0.05, 0) is 53.1 Å². The lowest BCUT2D eigenvalue weighted by atomic mass is 9.99. The van der Waals surface area contributed by atoms with Crippen LogP contribution in [0.15, 0.2) is 60.0 Å². The normalized spacial score (nSPS) is 13.6. The second-order valence-corrected chi connectivity index (χ2v) is 7.82. The molecule has 1 aliphatic rings. The third-order valence-corrected chi connectivity index (χ3v) is 6.32. The van der Waals surface area contributed by atoms with Crippen LogP contribution in [0.5, 0.6) is 0 Å². The van der Waals surface area contributed by atoms with Crippen molar-refractivity contribution in [1.82, 2.24) is 4.57 Å². The lowest BCUT2D eigenvalue weighted by Gasteiger charge is -2.08. The van der Waals surface area contributed by atoms with Crippen molar-refractivity contribution >= 4 is 49.2 Å². The van der Waals surface area contributed by atoms with E-state index in [1.807, 2.05) is 16.7 Å². The minimum absolute atomic E-state index is 0.507. The molecule has 0 unspecified atom stereocenters. The summed E-state index contributed by atoms with van der Waals surface area (Å²) in [5, 5.41) is 7.75. The summed E-state index contributed by atoms with van der Waals surface area (Å²) < 4.78 is 31.3.